The molecule has 1 heterocycles. The molecule has 3 atom stereocenters. The van der Waals surface area contributed by atoms with Crippen LogP contribution in [0, 0.1) is 5.92 Å². The number of allylic oxidation sites excluding steroid dienone is 2. The van der Waals surface area contributed by atoms with Gasteiger partial charge in [-0.15, -0.1) is 0 Å². The Morgan fingerprint density at radius 1 is 0.733 bits per heavy atom. The average Bonchev–Trinajstić information content (AvgIpc) is 2.98. The van der Waals surface area contributed by atoms with Gasteiger partial charge in [0.1, 0.15) is 40.1 Å². The molecule has 5 aromatic rings. The Kier molecular flexibility index (Phi) is 7.12. The summed E-state index contributed by atoms with van der Waals surface area (Å²) in [6.45, 7) is 1.83. The number of phenolic OH excluding ortho intramolecular Hbond substituents is 6. The van der Waals surface area contributed by atoms with Gasteiger partial charge in [-0.2, -0.15) is 0 Å². The highest BCUT2D eigenvalue weighted by atomic mass is 16.4. The van der Waals surface area contributed by atoms with E-state index in [-0.39, 0.29) is 62.2 Å². The largest absolute Gasteiger partial charge is 0.508 e. The summed E-state index contributed by atoms with van der Waals surface area (Å²) < 4.78 is 5.84. The van der Waals surface area contributed by atoms with E-state index in [2.05, 4.69) is 0 Å². The van der Waals surface area contributed by atoms with Crippen LogP contribution in [0.5, 0.6) is 40.2 Å². The summed E-state index contributed by atoms with van der Waals surface area (Å²) >= 11 is 0. The number of phenols is 6. The van der Waals surface area contributed by atoms with E-state index in [1.54, 1.807) is 6.08 Å². The van der Waals surface area contributed by atoms with Gasteiger partial charge >= 0.3 is 0 Å². The summed E-state index contributed by atoms with van der Waals surface area (Å²) in [6.07, 6.45) is 2.11. The lowest BCUT2D eigenvalue weighted by Crippen LogP contribution is -2.31. The summed E-state index contributed by atoms with van der Waals surface area (Å²) in [5.41, 5.74) is 0.800. The van der Waals surface area contributed by atoms with E-state index in [9.17, 15) is 45.3 Å². The Balaban J connectivity index is 1.56. The third kappa shape index (κ3) is 5.16. The SMILES string of the molecule is CC1=C[C@H](c2cc(-c3oc4cc(O)ccc4c(=O)c3O)ccc2O)[C@@H](C(=O)c2ccc(O)cc2O)[C@@H](c2ccc(O)cc2O)C1. The molecule has 0 bridgehead atoms. The van der Waals surface area contributed by atoms with Crippen LogP contribution in [0.2, 0.25) is 0 Å². The van der Waals surface area contributed by atoms with Gasteiger partial charge < -0.3 is 40.2 Å². The van der Waals surface area contributed by atoms with Crippen molar-refractivity contribution in [3.63, 3.8) is 0 Å². The number of benzene rings is 4. The van der Waals surface area contributed by atoms with Crippen LogP contribution in [0.4, 0.5) is 0 Å². The summed E-state index contributed by atoms with van der Waals surface area (Å²) in [5, 5.41) is 73.3. The van der Waals surface area contributed by atoms with Crippen molar-refractivity contribution in [3.8, 4) is 51.6 Å². The van der Waals surface area contributed by atoms with Gasteiger partial charge in [-0.3, -0.25) is 9.59 Å². The van der Waals surface area contributed by atoms with E-state index in [1.807, 2.05) is 6.92 Å². The quantitative estimate of drug-likeness (QED) is 0.0905. The van der Waals surface area contributed by atoms with Gasteiger partial charge in [0.25, 0.3) is 0 Å². The van der Waals surface area contributed by atoms with E-state index >= 15 is 0 Å². The molecular formula is C35H28O10. The molecule has 6 rings (SSSR count). The molecule has 0 radical (unpaired) electrons. The minimum atomic E-state index is -1.03. The normalized spacial score (nSPS) is 18.1. The van der Waals surface area contributed by atoms with Gasteiger partial charge in [-0.1, -0.05) is 17.7 Å². The maximum Gasteiger partial charge on any atom is 0.235 e. The van der Waals surface area contributed by atoms with Gasteiger partial charge in [0.2, 0.25) is 11.2 Å². The fraction of sp³-hybridized carbons (Fsp3) is 0.143. The first kappa shape index (κ1) is 29.2. The van der Waals surface area contributed by atoms with Gasteiger partial charge in [0.15, 0.2) is 11.5 Å². The van der Waals surface area contributed by atoms with Crippen molar-refractivity contribution in [1.29, 1.82) is 0 Å². The molecule has 0 saturated heterocycles. The number of aromatic hydroxyl groups is 7. The second-order valence-electron chi connectivity index (χ2n) is 11.2. The van der Waals surface area contributed by atoms with E-state index in [4.69, 9.17) is 4.42 Å². The van der Waals surface area contributed by atoms with E-state index in [1.165, 1.54) is 60.7 Å². The Hall–Kier alpha value is -5.90. The van der Waals surface area contributed by atoms with E-state index in [0.717, 1.165) is 17.7 Å². The summed E-state index contributed by atoms with van der Waals surface area (Å²) in [5.74, 6) is -5.53. The third-order valence-corrected chi connectivity index (χ3v) is 8.29. The van der Waals surface area contributed by atoms with Crippen LogP contribution in [-0.4, -0.2) is 41.5 Å². The molecule has 228 valence electrons. The molecule has 10 nitrogen and oxygen atoms in total. The standard InChI is InChI=1S/C35H28O10/c1-16-10-25(21-6-3-18(36)13-28(21)40)31(32(42)22-7-4-19(37)14-29(22)41)26(11-16)24-12-17(2-9-27(24)39)35-34(44)33(43)23-8-5-20(38)15-30(23)45-35/h2-9,11-15,25-26,31,36-41,44H,10H2,1H3/t25-,26-,31+/m1/s1. The maximum atomic E-state index is 14.3. The predicted octanol–water partition coefficient (Wildman–Crippen LogP) is 6.12. The van der Waals surface area contributed by atoms with Crippen LogP contribution in [-0.2, 0) is 0 Å². The molecule has 0 aliphatic heterocycles. The molecule has 0 fully saturated rings. The lowest BCUT2D eigenvalue weighted by molar-refractivity contribution is 0.0877. The van der Waals surface area contributed by atoms with E-state index in [0.29, 0.717) is 12.0 Å². The van der Waals surface area contributed by atoms with Crippen molar-refractivity contribution in [2.24, 2.45) is 5.92 Å². The Labute approximate surface area is 255 Å². The molecule has 4 aromatic carbocycles. The molecule has 1 aliphatic carbocycles. The zero-order valence-corrected chi connectivity index (χ0v) is 23.8. The highest BCUT2D eigenvalue weighted by Gasteiger charge is 2.42. The Bertz CT molecular complexity index is 2090. The zero-order chi connectivity index (χ0) is 32.2. The lowest BCUT2D eigenvalue weighted by Gasteiger charge is -2.37. The highest BCUT2D eigenvalue weighted by Crippen LogP contribution is 2.51. The average molecular weight is 609 g/mol. The Morgan fingerprint density at radius 3 is 2.11 bits per heavy atom. The van der Waals surface area contributed by atoms with Crippen LogP contribution in [0.3, 0.4) is 0 Å². The lowest BCUT2D eigenvalue weighted by atomic mass is 9.65. The highest BCUT2D eigenvalue weighted by molar-refractivity contribution is 6.02. The number of ketones is 1. The first-order chi connectivity index (χ1) is 21.4. The zero-order valence-electron chi connectivity index (χ0n) is 23.8. The number of Topliss-reactive ketones (excluding diaryl/α,β-unsaturated/α-hetero) is 1. The fourth-order valence-electron chi connectivity index (χ4n) is 6.22. The molecule has 1 aromatic heterocycles. The molecule has 0 unspecified atom stereocenters. The van der Waals surface area contributed by atoms with Gasteiger partial charge in [-0.05, 0) is 67.4 Å². The summed E-state index contributed by atoms with van der Waals surface area (Å²) in [4.78, 5) is 27.3. The number of hydrogen-bond acceptors (Lipinski definition) is 10. The van der Waals surface area contributed by atoms with E-state index < -0.39 is 40.5 Å². The third-order valence-electron chi connectivity index (χ3n) is 8.29. The van der Waals surface area contributed by atoms with Crippen molar-refractivity contribution >= 4 is 16.8 Å². The van der Waals surface area contributed by atoms with Gasteiger partial charge in [0.05, 0.1) is 10.9 Å². The van der Waals surface area contributed by atoms with Crippen molar-refractivity contribution < 1.29 is 45.0 Å². The predicted molar refractivity (Wildman–Crippen MR) is 164 cm³/mol. The van der Waals surface area contributed by atoms with Crippen molar-refractivity contribution in [1.82, 2.24) is 0 Å². The first-order valence-corrected chi connectivity index (χ1v) is 14.0. The van der Waals surface area contributed by atoms with Crippen molar-refractivity contribution in [2.75, 3.05) is 0 Å². The second-order valence-corrected chi connectivity index (χ2v) is 11.2. The van der Waals surface area contributed by atoms with Gasteiger partial charge in [0, 0.05) is 47.1 Å². The molecule has 1 aliphatic rings. The molecule has 7 N–H and O–H groups in total. The minimum absolute atomic E-state index is 0.0227. The van der Waals surface area contributed by atoms with Crippen LogP contribution in [0.1, 0.15) is 46.7 Å². The topological polar surface area (TPSA) is 189 Å². The Morgan fingerprint density at radius 2 is 1.40 bits per heavy atom. The summed E-state index contributed by atoms with van der Waals surface area (Å²) in [6, 6.07) is 15.7. The maximum absolute atomic E-state index is 14.3. The van der Waals surface area contributed by atoms with Crippen LogP contribution in [0.25, 0.3) is 22.3 Å². The fourth-order valence-corrected chi connectivity index (χ4v) is 6.22. The smallest absolute Gasteiger partial charge is 0.235 e. The number of rotatable bonds is 5. The molecular weight excluding hydrogens is 580 g/mol. The van der Waals surface area contributed by atoms with Crippen molar-refractivity contribution in [3.05, 3.63) is 111 Å². The monoisotopic (exact) mass is 608 g/mol. The molecule has 0 spiro atoms. The summed E-state index contributed by atoms with van der Waals surface area (Å²) in [7, 11) is 0. The second kappa shape index (κ2) is 11.0. The molecule has 10 heteroatoms. The van der Waals surface area contributed by atoms with Gasteiger partial charge in [-0.25, -0.2) is 0 Å². The number of hydrogen-bond donors (Lipinski definition) is 7. The van der Waals surface area contributed by atoms with Crippen LogP contribution < -0.4 is 5.43 Å². The minimum Gasteiger partial charge on any atom is -0.508 e. The molecule has 0 amide bonds. The van der Waals surface area contributed by atoms with Crippen LogP contribution in [0.15, 0.2) is 93.7 Å². The first-order valence-electron chi connectivity index (χ1n) is 14.0. The van der Waals surface area contributed by atoms with Crippen LogP contribution >= 0.6 is 0 Å². The van der Waals surface area contributed by atoms with Crippen molar-refractivity contribution in [2.45, 2.75) is 25.2 Å². The molecule has 45 heavy (non-hydrogen) atoms. The number of carbonyl (C=O) groups excluding carboxylic acids is 1. The number of fused-ring (bicyclic) bond motifs is 1. The molecule has 0 saturated carbocycles. The number of carbonyl (C=O) groups is 1.